The topological polar surface area (TPSA) is 290 Å². The Balaban J connectivity index is 0.000000111. The van der Waals surface area contributed by atoms with Crippen LogP contribution in [0.4, 0.5) is 72.9 Å². The third kappa shape index (κ3) is 15.2. The molecule has 0 aliphatic rings. The highest BCUT2D eigenvalue weighted by atomic mass is 35.5. The molecule has 8 N–H and O–H groups in total. The Morgan fingerprint density at radius 2 is 0.638 bits per heavy atom. The zero-order valence-electron chi connectivity index (χ0n) is 59.6. The van der Waals surface area contributed by atoms with Crippen LogP contribution in [0.2, 0.25) is 15.1 Å². The van der Waals surface area contributed by atoms with Gasteiger partial charge in [0.2, 0.25) is 0 Å². The fourth-order valence-electron chi connectivity index (χ4n) is 12.9. The van der Waals surface area contributed by atoms with E-state index < -0.39 is 23.4 Å². The van der Waals surface area contributed by atoms with Gasteiger partial charge in [-0.15, -0.1) is 0 Å². The van der Waals surface area contributed by atoms with Gasteiger partial charge in [0.25, 0.3) is 0 Å². The molecule has 0 spiro atoms. The van der Waals surface area contributed by atoms with Crippen LogP contribution >= 0.6 is 34.8 Å². The summed E-state index contributed by atoms with van der Waals surface area (Å²) in [6, 6.07) is 79.4. The summed E-state index contributed by atoms with van der Waals surface area (Å²) in [6.45, 7) is 0. The van der Waals surface area contributed by atoms with Crippen LogP contribution in [0.1, 0.15) is 11.1 Å². The van der Waals surface area contributed by atoms with E-state index in [1.807, 2.05) is 182 Å². The average Bonchev–Trinajstić information content (AvgIpc) is 1.43. The molecule has 21 nitrogen and oxygen atoms in total. The number of aromatic amines is 4. The smallest absolute Gasteiger partial charge is 0.322 e. The number of aromatic nitrogens is 16. The molecule has 0 aliphatic heterocycles. The Bertz CT molecular complexity index is 7210. The van der Waals surface area contributed by atoms with E-state index in [2.05, 4.69) is 103 Å². The maximum atomic E-state index is 14.0. The third-order valence-electron chi connectivity index (χ3n) is 18.5. The molecule has 20 rings (SSSR count). The van der Waals surface area contributed by atoms with Crippen molar-refractivity contribution in [3.05, 3.63) is 311 Å². The van der Waals surface area contributed by atoms with Crippen molar-refractivity contribution in [3.8, 4) is 51.6 Å². The zero-order chi connectivity index (χ0) is 79.6. The van der Waals surface area contributed by atoms with E-state index in [1.165, 1.54) is 24.3 Å². The van der Waals surface area contributed by atoms with Gasteiger partial charge in [-0.25, -0.2) is 53.0 Å². The molecular weight excluding hydrogens is 1550 g/mol. The number of H-pyrrole nitrogens is 4. The van der Waals surface area contributed by atoms with Gasteiger partial charge < -0.3 is 21.3 Å². The molecule has 8 aromatic heterocycles. The predicted octanol–water partition coefficient (Wildman–Crippen LogP) is 22.9. The molecule has 0 fully saturated rings. The van der Waals surface area contributed by atoms with Crippen LogP contribution in [0, 0.1) is 28.8 Å². The molecule has 20 aromatic rings. The molecule has 0 unspecified atom stereocenters. The minimum Gasteiger partial charge on any atom is -0.322 e. The van der Waals surface area contributed by atoms with Gasteiger partial charge in [-0.3, -0.25) is 20.4 Å². The molecule has 0 radical (unpaired) electrons. The normalized spacial score (nSPS) is 11.3. The summed E-state index contributed by atoms with van der Waals surface area (Å²) in [7, 11) is 0. The lowest BCUT2D eigenvalue weighted by atomic mass is 10.1. The number of hydrogen-bond donors (Lipinski definition) is 8. The number of hydrogen-bond acceptors (Lipinski definition) is 17. The highest BCUT2D eigenvalue weighted by Crippen LogP contribution is 2.40. The van der Waals surface area contributed by atoms with E-state index in [0.29, 0.717) is 128 Å². The number of nitrogens with one attached hydrogen (secondary N) is 8. The molecule has 0 atom stereocenters. The Hall–Kier alpha value is -15.0. The summed E-state index contributed by atoms with van der Waals surface area (Å²) >= 11 is 19.0. The molecule has 116 heavy (non-hydrogen) atoms. The third-order valence-corrected chi connectivity index (χ3v) is 19.5. The van der Waals surface area contributed by atoms with E-state index in [4.69, 9.17) is 39.8 Å². The van der Waals surface area contributed by atoms with Gasteiger partial charge >= 0.3 is 6.18 Å². The van der Waals surface area contributed by atoms with Gasteiger partial charge in [0.15, 0.2) is 52.4 Å². The Labute approximate surface area is 666 Å². The molecule has 564 valence electrons. The molecule has 30 heteroatoms. The Morgan fingerprint density at radius 1 is 0.302 bits per heavy atom. The van der Waals surface area contributed by atoms with Gasteiger partial charge in [0.05, 0.1) is 76.3 Å². The lowest BCUT2D eigenvalue weighted by Gasteiger charge is -2.11. The van der Waals surface area contributed by atoms with Gasteiger partial charge in [-0.2, -0.15) is 38.8 Å². The molecular formula is C86H52Cl3F6N21. The minimum absolute atomic E-state index is 0.110. The van der Waals surface area contributed by atoms with Crippen molar-refractivity contribution in [3.63, 3.8) is 0 Å². The summed E-state index contributed by atoms with van der Waals surface area (Å²) in [5.41, 5.74) is 7.69. The molecule has 0 bridgehead atoms. The number of para-hydroxylation sites is 5. The fraction of sp³-hybridized carbons (Fsp3) is 0.0116. The van der Waals surface area contributed by atoms with Gasteiger partial charge in [-0.1, -0.05) is 144 Å². The van der Waals surface area contributed by atoms with E-state index in [9.17, 15) is 31.6 Å². The second-order valence-electron chi connectivity index (χ2n) is 25.8. The Kier molecular flexibility index (Phi) is 20.1. The SMILES string of the molecule is FC(F)(F)c1ccc2[nH]nc(Nc3nc(-c4ccccc4Cl)nc4ccccc34)c2c1.Fc1cc(F)c2[nH]nc(Nc3nc(-c4ccccc4Cl)nc4ccccc34)c2c1.Fc1ccc2[nH]nc(Nc3nc(-c4ccccc4Cl)nc4ccccc34)c2c1.N#Cc1ccccc1-c1nc(Nc2n[nH]c3ccccc23)c2ccccc2n1. The van der Waals surface area contributed by atoms with E-state index in [1.54, 1.807) is 42.5 Å². The first-order valence-electron chi connectivity index (χ1n) is 35.4. The van der Waals surface area contributed by atoms with Gasteiger partial charge in [0, 0.05) is 66.0 Å². The lowest BCUT2D eigenvalue weighted by Crippen LogP contribution is -2.04. The number of nitrogens with zero attached hydrogens (tertiary/aromatic N) is 13. The second-order valence-corrected chi connectivity index (χ2v) is 27.1. The molecule has 0 amide bonds. The van der Waals surface area contributed by atoms with Crippen molar-refractivity contribution >= 4 is 169 Å². The second kappa shape index (κ2) is 31.7. The molecule has 8 heterocycles. The maximum Gasteiger partial charge on any atom is 0.416 e. The summed E-state index contributed by atoms with van der Waals surface area (Å²) in [6.07, 6.45) is -4.46. The summed E-state index contributed by atoms with van der Waals surface area (Å²) in [5.74, 6) is 3.81. The van der Waals surface area contributed by atoms with Crippen LogP contribution in [0.15, 0.2) is 267 Å². The highest BCUT2D eigenvalue weighted by molar-refractivity contribution is 6.34. The fourth-order valence-corrected chi connectivity index (χ4v) is 13.5. The van der Waals surface area contributed by atoms with Crippen LogP contribution in [-0.4, -0.2) is 80.7 Å². The van der Waals surface area contributed by atoms with Gasteiger partial charge in [0.1, 0.15) is 40.4 Å². The van der Waals surface area contributed by atoms with Crippen LogP contribution in [-0.2, 0) is 6.18 Å². The quantitative estimate of drug-likeness (QED) is 0.0528. The number of rotatable bonds is 12. The number of alkyl halides is 3. The number of benzene rings is 12. The van der Waals surface area contributed by atoms with Crippen LogP contribution in [0.25, 0.3) is 133 Å². The Morgan fingerprint density at radius 3 is 1.08 bits per heavy atom. The molecule has 0 saturated heterocycles. The largest absolute Gasteiger partial charge is 0.416 e. The van der Waals surface area contributed by atoms with Crippen LogP contribution in [0.5, 0.6) is 0 Å². The first-order valence-corrected chi connectivity index (χ1v) is 36.5. The lowest BCUT2D eigenvalue weighted by molar-refractivity contribution is -0.137. The van der Waals surface area contributed by atoms with Crippen molar-refractivity contribution in [1.82, 2.24) is 80.7 Å². The minimum atomic E-state index is -4.46. The summed E-state index contributed by atoms with van der Waals surface area (Å²) in [4.78, 5) is 37.1. The highest BCUT2D eigenvalue weighted by Gasteiger charge is 2.31. The average molecular weight is 1600 g/mol. The number of fused-ring (bicyclic) bond motifs is 8. The molecule has 0 aliphatic carbocycles. The number of halogens is 9. The van der Waals surface area contributed by atoms with Crippen molar-refractivity contribution in [1.29, 1.82) is 5.26 Å². The van der Waals surface area contributed by atoms with Crippen molar-refractivity contribution in [2.45, 2.75) is 6.18 Å². The molecule has 0 saturated carbocycles. The van der Waals surface area contributed by atoms with E-state index >= 15 is 0 Å². The van der Waals surface area contributed by atoms with E-state index in [-0.39, 0.29) is 28.4 Å². The standard InChI is InChI=1S/C22H13ClF3N5.C22H14N6.C21H12ClF2N5.C21H13ClFN5/c23-16-7-3-1-5-13(16)19-27-17-8-4-2-6-14(17)20(28-19)29-21-15-11-12(22(24,25)26)9-10-18(15)30-31-21;23-13-14-7-1-2-8-15(14)20-24-18-11-5-3-9-16(18)21(25-20)26-22-17-10-4-6-12-19(17)27-28-22;22-15-7-3-1-5-12(15)19-25-17-8-4-2-6-13(17)20(26-19)27-21-14-9-11(23)10-16(24)18(14)28-29-21;22-16-7-3-1-5-13(16)19-24-17-8-4-2-6-14(17)20(25-19)26-21-15-11-12(23)9-10-18(15)27-28-21/h1-11H,(H2,27,28,29,30,31);1-12H,(H2,24,25,26,27,28);1-10H,(H2,25,26,27,28,29);1-11H,(H2,24,25,26,27,28). The predicted molar refractivity (Wildman–Crippen MR) is 442 cm³/mol. The number of nitriles is 1. The van der Waals surface area contributed by atoms with E-state index in [0.717, 1.165) is 67.4 Å². The van der Waals surface area contributed by atoms with Crippen LogP contribution < -0.4 is 21.3 Å². The summed E-state index contributed by atoms with van der Waals surface area (Å²) in [5, 5.41) is 57.2. The monoisotopic (exact) mass is 1600 g/mol. The van der Waals surface area contributed by atoms with Crippen molar-refractivity contribution in [2.75, 3.05) is 21.3 Å². The van der Waals surface area contributed by atoms with Crippen molar-refractivity contribution < 1.29 is 26.3 Å². The zero-order valence-corrected chi connectivity index (χ0v) is 61.9. The van der Waals surface area contributed by atoms with Gasteiger partial charge in [-0.05, 0) is 152 Å². The first kappa shape index (κ1) is 73.8. The van der Waals surface area contributed by atoms with Crippen molar-refractivity contribution in [2.24, 2.45) is 0 Å². The maximum absolute atomic E-state index is 14.0. The van der Waals surface area contributed by atoms with Crippen LogP contribution in [0.3, 0.4) is 0 Å². The number of anilines is 8. The molecule has 12 aromatic carbocycles. The summed E-state index contributed by atoms with van der Waals surface area (Å²) < 4.78 is 81.0. The first-order chi connectivity index (χ1) is 56.5.